The zero-order valence-corrected chi connectivity index (χ0v) is 20.5. The van der Waals surface area contributed by atoms with Crippen LogP contribution in [-0.2, 0) is 9.59 Å². The summed E-state index contributed by atoms with van der Waals surface area (Å²) in [4.78, 5) is 27.5. The van der Waals surface area contributed by atoms with E-state index in [4.69, 9.17) is 14.2 Å². The van der Waals surface area contributed by atoms with E-state index in [1.165, 1.54) is 4.90 Å². The van der Waals surface area contributed by atoms with Crippen molar-refractivity contribution in [3.63, 3.8) is 0 Å². The zero-order chi connectivity index (χ0) is 24.8. The molecule has 7 nitrogen and oxygen atoms in total. The van der Waals surface area contributed by atoms with E-state index in [0.29, 0.717) is 60.5 Å². The number of hydrogen-bond donors (Lipinski definition) is 1. The number of nitrogens with zero attached hydrogens (tertiary/aromatic N) is 1. The number of aliphatic hydroxyl groups excluding tert-OH is 1. The molecule has 1 aliphatic heterocycles. The minimum Gasteiger partial charge on any atom is -0.507 e. The number of likely N-dealkylation sites (tertiary alicyclic amines) is 1. The number of hydrogen-bond acceptors (Lipinski definition) is 6. The van der Waals surface area contributed by atoms with E-state index < -0.39 is 17.7 Å². The Morgan fingerprint density at radius 2 is 1.74 bits per heavy atom. The number of carbonyl (C=O) groups excluding carboxylic acids is 2. The minimum atomic E-state index is -0.734. The highest BCUT2D eigenvalue weighted by molar-refractivity contribution is 6.46. The number of amides is 1. The lowest BCUT2D eigenvalue weighted by Crippen LogP contribution is -2.30. The Labute approximate surface area is 200 Å². The van der Waals surface area contributed by atoms with E-state index in [1.807, 2.05) is 13.8 Å². The van der Waals surface area contributed by atoms with Crippen molar-refractivity contribution in [1.82, 2.24) is 4.90 Å². The summed E-state index contributed by atoms with van der Waals surface area (Å²) in [6.07, 6.45) is 0.667. The molecule has 0 spiro atoms. The molecule has 7 heteroatoms. The summed E-state index contributed by atoms with van der Waals surface area (Å²) >= 11 is 0. The molecule has 1 saturated heterocycles. The van der Waals surface area contributed by atoms with Gasteiger partial charge in [-0.2, -0.15) is 0 Å². The van der Waals surface area contributed by atoms with Crippen LogP contribution in [0.3, 0.4) is 0 Å². The summed E-state index contributed by atoms with van der Waals surface area (Å²) in [6.45, 7) is 9.31. The van der Waals surface area contributed by atoms with Crippen LogP contribution in [-0.4, -0.2) is 48.6 Å². The molecule has 0 bridgehead atoms. The van der Waals surface area contributed by atoms with E-state index in [0.717, 1.165) is 0 Å². The Balaban J connectivity index is 2.08. The molecule has 1 aliphatic rings. The third kappa shape index (κ3) is 5.19. The average Bonchev–Trinajstić information content (AvgIpc) is 3.08. The quantitative estimate of drug-likeness (QED) is 0.302. The van der Waals surface area contributed by atoms with Crippen LogP contribution in [0.1, 0.15) is 51.3 Å². The molecule has 3 rings (SSSR count). The van der Waals surface area contributed by atoms with Crippen molar-refractivity contribution >= 4 is 17.4 Å². The summed E-state index contributed by atoms with van der Waals surface area (Å²) < 4.78 is 16.8. The van der Waals surface area contributed by atoms with Gasteiger partial charge in [0.15, 0.2) is 11.5 Å². The molecule has 1 heterocycles. The maximum absolute atomic E-state index is 13.1. The number of benzene rings is 2. The van der Waals surface area contributed by atoms with Gasteiger partial charge in [0.25, 0.3) is 11.7 Å². The topological polar surface area (TPSA) is 85.3 Å². The second-order valence-electron chi connectivity index (χ2n) is 8.57. The van der Waals surface area contributed by atoms with Crippen molar-refractivity contribution < 1.29 is 28.9 Å². The molecule has 34 heavy (non-hydrogen) atoms. The molecular weight excluding hydrogens is 434 g/mol. The van der Waals surface area contributed by atoms with Gasteiger partial charge in [0, 0.05) is 12.1 Å². The van der Waals surface area contributed by atoms with Crippen LogP contribution in [0.4, 0.5) is 0 Å². The third-order valence-electron chi connectivity index (χ3n) is 5.52. The largest absolute Gasteiger partial charge is 0.507 e. The first-order valence-corrected chi connectivity index (χ1v) is 11.6. The number of methoxy groups -OCH3 is 1. The van der Waals surface area contributed by atoms with Gasteiger partial charge < -0.3 is 24.2 Å². The van der Waals surface area contributed by atoms with Crippen LogP contribution in [0.15, 0.2) is 48.0 Å². The number of ether oxygens (including phenoxy) is 3. The molecule has 0 radical (unpaired) electrons. The fourth-order valence-electron chi connectivity index (χ4n) is 3.96. The van der Waals surface area contributed by atoms with Crippen molar-refractivity contribution in [2.24, 2.45) is 5.92 Å². The molecule has 1 fully saturated rings. The van der Waals surface area contributed by atoms with E-state index in [1.54, 1.807) is 49.6 Å². The summed E-state index contributed by atoms with van der Waals surface area (Å²) in [5.74, 6) is 0.569. The Kier molecular flexibility index (Phi) is 8.21. The molecular formula is C27H33NO6. The monoisotopic (exact) mass is 467 g/mol. The van der Waals surface area contributed by atoms with Crippen LogP contribution in [0.2, 0.25) is 0 Å². The average molecular weight is 468 g/mol. The Morgan fingerprint density at radius 3 is 2.32 bits per heavy atom. The Hall–Kier alpha value is -3.48. The maximum atomic E-state index is 13.1. The molecule has 1 amide bonds. The number of ketones is 1. The first-order valence-electron chi connectivity index (χ1n) is 11.6. The fraction of sp³-hybridized carbons (Fsp3) is 0.407. The highest BCUT2D eigenvalue weighted by atomic mass is 16.5. The molecule has 0 aromatic heterocycles. The van der Waals surface area contributed by atoms with Crippen LogP contribution < -0.4 is 14.2 Å². The lowest BCUT2D eigenvalue weighted by molar-refractivity contribution is -0.139. The van der Waals surface area contributed by atoms with E-state index in [9.17, 15) is 14.7 Å². The standard InChI is InChI=1S/C27H33NO6/c1-6-14-28-24(19-10-13-21(32-5)22(15-19)33-7-2)23(26(30)27(28)31)25(29)18-8-11-20(12-9-18)34-16-17(3)4/h8-13,15,17,24,29H,6-7,14,16H2,1-5H3/b25-23-. The highest BCUT2D eigenvalue weighted by Crippen LogP contribution is 2.42. The van der Waals surface area contributed by atoms with Gasteiger partial charge in [0.1, 0.15) is 11.5 Å². The first kappa shape index (κ1) is 25.1. The number of rotatable bonds is 10. The molecule has 2 aromatic carbocycles. The molecule has 1 N–H and O–H groups in total. The van der Waals surface area contributed by atoms with Crippen molar-refractivity contribution in [2.45, 2.75) is 40.2 Å². The van der Waals surface area contributed by atoms with Crippen molar-refractivity contribution in [2.75, 3.05) is 26.9 Å². The van der Waals surface area contributed by atoms with Gasteiger partial charge in [-0.05, 0) is 61.2 Å². The summed E-state index contributed by atoms with van der Waals surface area (Å²) in [5.41, 5.74) is 1.16. The second kappa shape index (κ2) is 11.1. The van der Waals surface area contributed by atoms with E-state index in [-0.39, 0.29) is 11.3 Å². The van der Waals surface area contributed by atoms with Crippen LogP contribution in [0.5, 0.6) is 17.2 Å². The molecule has 0 aliphatic carbocycles. The SMILES string of the molecule is CCCN1C(=O)C(=O)/C(=C(\O)c2ccc(OCC(C)C)cc2)C1c1ccc(OC)c(OCC)c1. The van der Waals surface area contributed by atoms with Crippen LogP contribution in [0.25, 0.3) is 5.76 Å². The van der Waals surface area contributed by atoms with Crippen molar-refractivity contribution in [1.29, 1.82) is 0 Å². The number of Topliss-reactive ketones (excluding diaryl/α,β-unsaturated/α-hetero) is 1. The van der Waals surface area contributed by atoms with Gasteiger partial charge in [-0.15, -0.1) is 0 Å². The van der Waals surface area contributed by atoms with Gasteiger partial charge in [-0.1, -0.05) is 26.8 Å². The summed E-state index contributed by atoms with van der Waals surface area (Å²) in [7, 11) is 1.55. The van der Waals surface area contributed by atoms with Crippen LogP contribution in [0, 0.1) is 5.92 Å². The minimum absolute atomic E-state index is 0.0573. The normalized spacial score (nSPS) is 17.4. The highest BCUT2D eigenvalue weighted by Gasteiger charge is 2.45. The first-order chi connectivity index (χ1) is 16.3. The second-order valence-corrected chi connectivity index (χ2v) is 8.57. The molecule has 182 valence electrons. The van der Waals surface area contributed by atoms with Crippen LogP contribution >= 0.6 is 0 Å². The van der Waals surface area contributed by atoms with Crippen molar-refractivity contribution in [3.05, 3.63) is 59.2 Å². The third-order valence-corrected chi connectivity index (χ3v) is 5.52. The summed E-state index contributed by atoms with van der Waals surface area (Å²) in [6, 6.07) is 11.4. The Bertz CT molecular complexity index is 1060. The fourth-order valence-corrected chi connectivity index (χ4v) is 3.96. The predicted octanol–water partition coefficient (Wildman–Crippen LogP) is 4.96. The zero-order valence-electron chi connectivity index (χ0n) is 20.5. The lowest BCUT2D eigenvalue weighted by atomic mass is 9.95. The lowest BCUT2D eigenvalue weighted by Gasteiger charge is -2.25. The van der Waals surface area contributed by atoms with Gasteiger partial charge >= 0.3 is 0 Å². The molecule has 0 saturated carbocycles. The predicted molar refractivity (Wildman–Crippen MR) is 130 cm³/mol. The molecule has 1 atom stereocenters. The Morgan fingerprint density at radius 1 is 1.03 bits per heavy atom. The smallest absolute Gasteiger partial charge is 0.295 e. The number of aliphatic hydroxyl groups is 1. The molecule has 1 unspecified atom stereocenters. The van der Waals surface area contributed by atoms with Gasteiger partial charge in [-0.3, -0.25) is 9.59 Å². The maximum Gasteiger partial charge on any atom is 0.295 e. The summed E-state index contributed by atoms with van der Waals surface area (Å²) in [5, 5.41) is 11.2. The van der Waals surface area contributed by atoms with E-state index >= 15 is 0 Å². The van der Waals surface area contributed by atoms with Crippen molar-refractivity contribution in [3.8, 4) is 17.2 Å². The van der Waals surface area contributed by atoms with Gasteiger partial charge in [0.05, 0.1) is 31.9 Å². The number of carbonyl (C=O) groups is 2. The van der Waals surface area contributed by atoms with Gasteiger partial charge in [0.2, 0.25) is 0 Å². The van der Waals surface area contributed by atoms with Gasteiger partial charge in [-0.25, -0.2) is 0 Å². The van der Waals surface area contributed by atoms with E-state index in [2.05, 4.69) is 13.8 Å². The molecule has 2 aromatic rings.